The predicted octanol–water partition coefficient (Wildman–Crippen LogP) is 2.38. The normalized spacial score (nSPS) is 18.4. The van der Waals surface area contributed by atoms with Gasteiger partial charge in [-0.25, -0.2) is 0 Å². The minimum absolute atomic E-state index is 0.0968. The van der Waals surface area contributed by atoms with Crippen LogP contribution in [0.25, 0.3) is 0 Å². The molecule has 164 valence electrons. The second-order valence-corrected chi connectivity index (χ2v) is 7.84. The molecule has 2 amide bonds. The third-order valence-electron chi connectivity index (χ3n) is 5.16. The maximum absolute atomic E-state index is 12.9. The molecule has 1 atom stereocenters. The van der Waals surface area contributed by atoms with Crippen molar-refractivity contribution in [2.24, 2.45) is 5.92 Å². The van der Waals surface area contributed by atoms with Crippen LogP contribution in [0.2, 0.25) is 5.02 Å². The topological polar surface area (TPSA) is 85.4 Å². The SMILES string of the molecule is CCOC(=O)C1CCCN(C(=O)CN(C)C(=O)c2cc(Cl)c3c(c2)OCCCO3)C1. The number of halogens is 1. The molecule has 1 aromatic rings. The standard InChI is InChI=1S/C21H27ClN2O6/c1-3-28-21(27)14-6-4-7-24(12-14)18(25)13-23(2)20(26)15-10-16(22)19-17(11-15)29-8-5-9-30-19/h10-11,14H,3-9,12-13H2,1-2H3. The van der Waals surface area contributed by atoms with E-state index in [2.05, 4.69) is 0 Å². The van der Waals surface area contributed by atoms with Gasteiger partial charge in [-0.1, -0.05) is 11.6 Å². The van der Waals surface area contributed by atoms with E-state index in [-0.39, 0.29) is 30.2 Å². The van der Waals surface area contributed by atoms with Crippen LogP contribution in [-0.2, 0) is 14.3 Å². The van der Waals surface area contributed by atoms with Crippen LogP contribution < -0.4 is 9.47 Å². The summed E-state index contributed by atoms with van der Waals surface area (Å²) in [6.07, 6.45) is 2.16. The van der Waals surface area contributed by atoms with Gasteiger partial charge in [0.1, 0.15) is 0 Å². The number of esters is 1. The number of carbonyl (C=O) groups excluding carboxylic acids is 3. The van der Waals surface area contributed by atoms with E-state index in [4.69, 9.17) is 25.8 Å². The minimum Gasteiger partial charge on any atom is -0.489 e. The van der Waals surface area contributed by atoms with Gasteiger partial charge in [-0.15, -0.1) is 0 Å². The van der Waals surface area contributed by atoms with Gasteiger partial charge < -0.3 is 24.0 Å². The number of nitrogens with zero attached hydrogens (tertiary/aromatic N) is 2. The summed E-state index contributed by atoms with van der Waals surface area (Å²) in [5.74, 6) is -0.287. The molecule has 0 spiro atoms. The van der Waals surface area contributed by atoms with E-state index in [0.29, 0.717) is 61.4 Å². The predicted molar refractivity (Wildman–Crippen MR) is 110 cm³/mol. The molecule has 0 radical (unpaired) electrons. The number of rotatable bonds is 5. The minimum atomic E-state index is -0.347. The van der Waals surface area contributed by atoms with Crippen LogP contribution in [0.4, 0.5) is 0 Å². The summed E-state index contributed by atoms with van der Waals surface area (Å²) in [7, 11) is 1.56. The fraction of sp³-hybridized carbons (Fsp3) is 0.571. The van der Waals surface area contributed by atoms with E-state index in [9.17, 15) is 14.4 Å². The Hall–Kier alpha value is -2.48. The summed E-state index contributed by atoms with van der Waals surface area (Å²) >= 11 is 6.27. The first kappa shape index (κ1) is 22.2. The summed E-state index contributed by atoms with van der Waals surface area (Å²) < 4.78 is 16.3. The highest BCUT2D eigenvalue weighted by Crippen LogP contribution is 2.38. The van der Waals surface area contributed by atoms with Gasteiger partial charge in [-0.2, -0.15) is 0 Å². The molecule has 2 heterocycles. The summed E-state index contributed by atoms with van der Waals surface area (Å²) in [4.78, 5) is 40.6. The Kier molecular flexibility index (Phi) is 7.42. The molecule has 9 heteroatoms. The number of likely N-dealkylation sites (N-methyl/N-ethyl adjacent to an activating group) is 1. The average molecular weight is 439 g/mol. The van der Waals surface area contributed by atoms with Crippen molar-refractivity contribution in [1.82, 2.24) is 9.80 Å². The van der Waals surface area contributed by atoms with Gasteiger partial charge in [0.25, 0.3) is 5.91 Å². The second kappa shape index (κ2) is 10.0. The first-order valence-electron chi connectivity index (χ1n) is 10.2. The summed E-state index contributed by atoms with van der Waals surface area (Å²) in [5.41, 5.74) is 0.322. The number of likely N-dealkylation sites (tertiary alicyclic amines) is 1. The highest BCUT2D eigenvalue weighted by molar-refractivity contribution is 6.32. The van der Waals surface area contributed by atoms with Gasteiger partial charge in [0.05, 0.1) is 37.3 Å². The molecule has 2 aliphatic rings. The summed E-state index contributed by atoms with van der Waals surface area (Å²) in [6.45, 7) is 3.83. The lowest BCUT2D eigenvalue weighted by Gasteiger charge is -2.32. The van der Waals surface area contributed by atoms with Crippen molar-refractivity contribution in [2.75, 3.05) is 46.5 Å². The Balaban J connectivity index is 1.64. The number of hydrogen-bond acceptors (Lipinski definition) is 6. The summed E-state index contributed by atoms with van der Waals surface area (Å²) in [5, 5.41) is 0.297. The number of ether oxygens (including phenoxy) is 3. The lowest BCUT2D eigenvalue weighted by atomic mass is 9.98. The lowest BCUT2D eigenvalue weighted by molar-refractivity contribution is -0.151. The number of amides is 2. The second-order valence-electron chi connectivity index (χ2n) is 7.43. The van der Waals surface area contributed by atoms with Crippen LogP contribution >= 0.6 is 11.6 Å². The Labute approximate surface area is 181 Å². The van der Waals surface area contributed by atoms with Crippen molar-refractivity contribution >= 4 is 29.4 Å². The Morgan fingerprint density at radius 2 is 2.00 bits per heavy atom. The van der Waals surface area contributed by atoms with E-state index >= 15 is 0 Å². The van der Waals surface area contributed by atoms with E-state index in [1.165, 1.54) is 11.0 Å². The molecule has 8 nitrogen and oxygen atoms in total. The molecule has 0 aromatic heterocycles. The zero-order chi connectivity index (χ0) is 21.7. The van der Waals surface area contributed by atoms with E-state index in [0.717, 1.165) is 12.8 Å². The molecule has 3 rings (SSSR count). The van der Waals surface area contributed by atoms with Crippen LogP contribution in [0, 0.1) is 5.92 Å². The van der Waals surface area contributed by atoms with Crippen LogP contribution in [0.1, 0.15) is 36.5 Å². The van der Waals surface area contributed by atoms with Crippen molar-refractivity contribution < 1.29 is 28.6 Å². The molecule has 1 fully saturated rings. The first-order chi connectivity index (χ1) is 14.4. The van der Waals surface area contributed by atoms with Crippen molar-refractivity contribution in [3.05, 3.63) is 22.7 Å². The first-order valence-corrected chi connectivity index (χ1v) is 10.6. The number of piperidine rings is 1. The smallest absolute Gasteiger partial charge is 0.310 e. The fourth-order valence-corrected chi connectivity index (χ4v) is 3.87. The highest BCUT2D eigenvalue weighted by Gasteiger charge is 2.30. The van der Waals surface area contributed by atoms with Gasteiger partial charge in [-0.05, 0) is 31.9 Å². The number of fused-ring (bicyclic) bond motifs is 1. The Morgan fingerprint density at radius 3 is 2.77 bits per heavy atom. The van der Waals surface area contributed by atoms with Gasteiger partial charge in [0, 0.05) is 32.1 Å². The molecule has 0 aliphatic carbocycles. The molecular weight excluding hydrogens is 412 g/mol. The van der Waals surface area contributed by atoms with Crippen molar-refractivity contribution in [3.8, 4) is 11.5 Å². The lowest BCUT2D eigenvalue weighted by Crippen LogP contribution is -2.47. The number of benzene rings is 1. The third kappa shape index (κ3) is 5.16. The molecule has 2 aliphatic heterocycles. The van der Waals surface area contributed by atoms with Crippen molar-refractivity contribution in [1.29, 1.82) is 0 Å². The quantitative estimate of drug-likeness (QED) is 0.656. The van der Waals surface area contributed by atoms with Crippen LogP contribution in [0.5, 0.6) is 11.5 Å². The molecular formula is C21H27ClN2O6. The van der Waals surface area contributed by atoms with Gasteiger partial charge in [0.2, 0.25) is 5.91 Å². The van der Waals surface area contributed by atoms with Gasteiger partial charge in [-0.3, -0.25) is 14.4 Å². The van der Waals surface area contributed by atoms with E-state index < -0.39 is 0 Å². The average Bonchev–Trinajstić information content (AvgIpc) is 2.99. The Morgan fingerprint density at radius 1 is 1.23 bits per heavy atom. The molecule has 0 saturated carbocycles. The largest absolute Gasteiger partial charge is 0.489 e. The number of hydrogen-bond donors (Lipinski definition) is 0. The van der Waals surface area contributed by atoms with Crippen LogP contribution in [0.3, 0.4) is 0 Å². The number of carbonyl (C=O) groups is 3. The molecule has 0 N–H and O–H groups in total. The van der Waals surface area contributed by atoms with Crippen LogP contribution in [0.15, 0.2) is 12.1 Å². The van der Waals surface area contributed by atoms with Gasteiger partial charge >= 0.3 is 5.97 Å². The fourth-order valence-electron chi connectivity index (χ4n) is 3.61. The maximum Gasteiger partial charge on any atom is 0.310 e. The summed E-state index contributed by atoms with van der Waals surface area (Å²) in [6, 6.07) is 3.11. The molecule has 1 aromatic carbocycles. The molecule has 1 unspecified atom stereocenters. The van der Waals surface area contributed by atoms with Gasteiger partial charge in [0.15, 0.2) is 11.5 Å². The van der Waals surface area contributed by atoms with E-state index in [1.54, 1.807) is 24.9 Å². The molecule has 30 heavy (non-hydrogen) atoms. The molecule has 0 bridgehead atoms. The zero-order valence-corrected chi connectivity index (χ0v) is 18.1. The molecule has 1 saturated heterocycles. The monoisotopic (exact) mass is 438 g/mol. The van der Waals surface area contributed by atoms with E-state index in [1.807, 2.05) is 0 Å². The highest BCUT2D eigenvalue weighted by atomic mass is 35.5. The van der Waals surface area contributed by atoms with Crippen molar-refractivity contribution in [2.45, 2.75) is 26.2 Å². The van der Waals surface area contributed by atoms with Crippen LogP contribution in [-0.4, -0.2) is 74.1 Å². The Bertz CT molecular complexity index is 815. The zero-order valence-electron chi connectivity index (χ0n) is 17.3. The van der Waals surface area contributed by atoms with Crippen molar-refractivity contribution in [3.63, 3.8) is 0 Å². The third-order valence-corrected chi connectivity index (χ3v) is 5.44. The maximum atomic E-state index is 12.9.